The molecule has 2 amide bonds. The number of nitrogens with two attached hydrogens (primary N) is 1. The Morgan fingerprint density at radius 1 is 1.00 bits per heavy atom. The van der Waals surface area contributed by atoms with E-state index in [-0.39, 0.29) is 28.6 Å². The summed E-state index contributed by atoms with van der Waals surface area (Å²) >= 11 is 12.1. The number of rotatable bonds is 9. The van der Waals surface area contributed by atoms with Crippen molar-refractivity contribution < 1.29 is 37.1 Å². The van der Waals surface area contributed by atoms with Crippen LogP contribution in [-0.2, 0) is 25.5 Å². The molecule has 0 radical (unpaired) electrons. The molecule has 0 unspecified atom stereocenters. The molecule has 3 rings (SSSR count). The quantitative estimate of drug-likeness (QED) is 0.285. The molecule has 4 N–H and O–H groups in total. The van der Waals surface area contributed by atoms with Gasteiger partial charge in [-0.05, 0) is 55.6 Å². The SMILES string of the molecule is NCCC1(C(=O)N[C@@H](Cc2ccc(NC(=O)c3c(Cl)cccc3Cl)cc2)C(=O)OC(=O)C(F)(F)F)CCCC1. The van der Waals surface area contributed by atoms with Gasteiger partial charge in [-0.1, -0.05) is 54.2 Å². The van der Waals surface area contributed by atoms with Crippen LogP contribution in [-0.4, -0.2) is 42.5 Å². The van der Waals surface area contributed by atoms with Gasteiger partial charge in [0.25, 0.3) is 5.91 Å². The maximum Gasteiger partial charge on any atom is 0.491 e. The summed E-state index contributed by atoms with van der Waals surface area (Å²) in [5, 5.41) is 5.41. The number of esters is 2. The highest BCUT2D eigenvalue weighted by Gasteiger charge is 2.45. The number of alkyl halides is 3. The molecule has 0 bridgehead atoms. The van der Waals surface area contributed by atoms with Gasteiger partial charge in [0.1, 0.15) is 6.04 Å². The fourth-order valence-corrected chi connectivity index (χ4v) is 5.08. The van der Waals surface area contributed by atoms with Crippen LogP contribution in [0.4, 0.5) is 18.9 Å². The topological polar surface area (TPSA) is 128 Å². The summed E-state index contributed by atoms with van der Waals surface area (Å²) < 4.78 is 42.2. The van der Waals surface area contributed by atoms with E-state index in [4.69, 9.17) is 28.9 Å². The number of hydrogen-bond donors (Lipinski definition) is 3. The number of halogens is 5. The van der Waals surface area contributed by atoms with E-state index < -0.39 is 41.4 Å². The first-order chi connectivity index (χ1) is 18.4. The lowest BCUT2D eigenvalue weighted by Gasteiger charge is -2.29. The van der Waals surface area contributed by atoms with Gasteiger partial charge in [0.2, 0.25) is 5.91 Å². The largest absolute Gasteiger partial charge is 0.491 e. The first kappa shape index (κ1) is 30.4. The first-order valence-corrected chi connectivity index (χ1v) is 12.8. The predicted octanol–water partition coefficient (Wildman–Crippen LogP) is 4.81. The number of carbonyl (C=O) groups excluding carboxylic acids is 4. The van der Waals surface area contributed by atoms with Gasteiger partial charge in [-0.3, -0.25) is 9.59 Å². The van der Waals surface area contributed by atoms with Crippen molar-refractivity contribution in [2.45, 2.75) is 50.7 Å². The number of hydrogen-bond acceptors (Lipinski definition) is 6. The zero-order valence-corrected chi connectivity index (χ0v) is 22.1. The van der Waals surface area contributed by atoms with Crippen molar-refractivity contribution in [1.29, 1.82) is 0 Å². The number of benzene rings is 2. The molecule has 1 fully saturated rings. The van der Waals surface area contributed by atoms with E-state index in [1.807, 2.05) is 0 Å². The van der Waals surface area contributed by atoms with Gasteiger partial charge in [-0.15, -0.1) is 0 Å². The van der Waals surface area contributed by atoms with Crippen molar-refractivity contribution in [3.05, 3.63) is 63.6 Å². The molecule has 0 heterocycles. The Hall–Kier alpha value is -3.15. The van der Waals surface area contributed by atoms with Crippen LogP contribution in [0.15, 0.2) is 42.5 Å². The van der Waals surface area contributed by atoms with Crippen molar-refractivity contribution in [3.63, 3.8) is 0 Å². The normalized spacial score (nSPS) is 15.3. The maximum atomic E-state index is 13.2. The summed E-state index contributed by atoms with van der Waals surface area (Å²) in [6, 6.07) is 8.97. The average Bonchev–Trinajstić information content (AvgIpc) is 3.34. The fraction of sp³-hybridized carbons (Fsp3) is 0.385. The number of ether oxygens (including phenoxy) is 1. The second-order valence-electron chi connectivity index (χ2n) is 9.21. The van der Waals surface area contributed by atoms with E-state index in [2.05, 4.69) is 15.4 Å². The van der Waals surface area contributed by atoms with E-state index in [1.54, 1.807) is 6.07 Å². The molecule has 1 saturated carbocycles. The molecule has 0 saturated heterocycles. The van der Waals surface area contributed by atoms with E-state index in [1.165, 1.54) is 36.4 Å². The molecular weight excluding hydrogens is 562 g/mol. The van der Waals surface area contributed by atoms with Crippen LogP contribution in [0.1, 0.15) is 48.0 Å². The first-order valence-electron chi connectivity index (χ1n) is 12.0. The minimum absolute atomic E-state index is 0.0723. The highest BCUT2D eigenvalue weighted by molar-refractivity contribution is 6.40. The van der Waals surface area contributed by atoms with Crippen LogP contribution in [0.3, 0.4) is 0 Å². The van der Waals surface area contributed by atoms with E-state index >= 15 is 0 Å². The lowest BCUT2D eigenvalue weighted by atomic mass is 9.81. The minimum Gasteiger partial charge on any atom is -0.385 e. The third-order valence-electron chi connectivity index (χ3n) is 6.52. The number of amides is 2. The summed E-state index contributed by atoms with van der Waals surface area (Å²) in [7, 11) is 0. The molecule has 2 aromatic carbocycles. The van der Waals surface area contributed by atoms with Gasteiger partial charge >= 0.3 is 18.1 Å². The van der Waals surface area contributed by atoms with Crippen LogP contribution < -0.4 is 16.4 Å². The van der Waals surface area contributed by atoms with Crippen LogP contribution in [0, 0.1) is 5.41 Å². The smallest absolute Gasteiger partial charge is 0.385 e. The highest BCUT2D eigenvalue weighted by atomic mass is 35.5. The molecule has 13 heteroatoms. The molecule has 39 heavy (non-hydrogen) atoms. The summed E-state index contributed by atoms with van der Waals surface area (Å²) in [5.41, 5.74) is 5.64. The van der Waals surface area contributed by atoms with Crippen LogP contribution in [0.25, 0.3) is 0 Å². The van der Waals surface area contributed by atoms with E-state index in [0.717, 1.165) is 12.8 Å². The predicted molar refractivity (Wildman–Crippen MR) is 138 cm³/mol. The maximum absolute atomic E-state index is 13.2. The van der Waals surface area contributed by atoms with Gasteiger partial charge in [-0.2, -0.15) is 13.2 Å². The molecule has 210 valence electrons. The van der Waals surface area contributed by atoms with Gasteiger partial charge < -0.3 is 21.1 Å². The molecule has 0 aromatic heterocycles. The third kappa shape index (κ3) is 7.71. The standard InChI is InChI=1S/C26H26Cl2F3N3O5/c27-17-4-3-5-18(28)20(17)21(35)33-16-8-6-15(7-9-16)14-19(22(36)39-24(38)26(29,30)31)34-23(37)25(12-13-32)10-1-2-11-25/h3-9,19H,1-2,10-14,32H2,(H,33,35)(H,34,37)/t19-/m0/s1. The molecule has 8 nitrogen and oxygen atoms in total. The molecule has 0 spiro atoms. The summed E-state index contributed by atoms with van der Waals surface area (Å²) in [6.07, 6.45) is -2.76. The van der Waals surface area contributed by atoms with Gasteiger partial charge in [0, 0.05) is 12.1 Å². The van der Waals surface area contributed by atoms with Gasteiger partial charge in [0.15, 0.2) is 0 Å². The zero-order valence-electron chi connectivity index (χ0n) is 20.6. The second kappa shape index (κ2) is 12.8. The van der Waals surface area contributed by atoms with Gasteiger partial charge in [-0.25, -0.2) is 9.59 Å². The Kier molecular flexibility index (Phi) is 9.98. The number of nitrogens with one attached hydrogen (secondary N) is 2. The van der Waals surface area contributed by atoms with Gasteiger partial charge in [0.05, 0.1) is 21.0 Å². The molecule has 1 atom stereocenters. The zero-order chi connectivity index (χ0) is 28.8. The monoisotopic (exact) mass is 587 g/mol. The van der Waals surface area contributed by atoms with Crippen LogP contribution in [0.5, 0.6) is 0 Å². The van der Waals surface area contributed by atoms with Crippen molar-refractivity contribution in [3.8, 4) is 0 Å². The van der Waals surface area contributed by atoms with E-state index in [9.17, 15) is 32.3 Å². The Morgan fingerprint density at radius 3 is 2.13 bits per heavy atom. The second-order valence-corrected chi connectivity index (χ2v) is 10.0. The average molecular weight is 588 g/mol. The Labute approximate surface area is 232 Å². The lowest BCUT2D eigenvalue weighted by molar-refractivity contribution is -0.202. The lowest BCUT2D eigenvalue weighted by Crippen LogP contribution is -2.50. The number of anilines is 1. The molecule has 1 aliphatic carbocycles. The van der Waals surface area contributed by atoms with Crippen LogP contribution >= 0.6 is 23.2 Å². The van der Waals surface area contributed by atoms with Crippen LogP contribution in [0.2, 0.25) is 10.0 Å². The van der Waals surface area contributed by atoms with E-state index in [0.29, 0.717) is 30.5 Å². The van der Waals surface area contributed by atoms with Crippen molar-refractivity contribution in [2.75, 3.05) is 11.9 Å². The molecular formula is C26H26Cl2F3N3O5. The molecule has 1 aliphatic rings. The number of carbonyl (C=O) groups is 4. The Morgan fingerprint density at radius 2 is 1.59 bits per heavy atom. The Balaban J connectivity index is 1.77. The summed E-state index contributed by atoms with van der Waals surface area (Å²) in [6.45, 7) is 0.210. The van der Waals surface area contributed by atoms with Crippen molar-refractivity contribution >= 4 is 52.6 Å². The van der Waals surface area contributed by atoms with Crippen molar-refractivity contribution in [2.24, 2.45) is 11.1 Å². The summed E-state index contributed by atoms with van der Waals surface area (Å²) in [5.74, 6) is -5.33. The molecule has 0 aliphatic heterocycles. The van der Waals surface area contributed by atoms with Crippen molar-refractivity contribution in [1.82, 2.24) is 5.32 Å². The fourth-order valence-electron chi connectivity index (χ4n) is 4.51. The summed E-state index contributed by atoms with van der Waals surface area (Å²) in [4.78, 5) is 49.6. The minimum atomic E-state index is -5.39. The Bertz CT molecular complexity index is 1210. The third-order valence-corrected chi connectivity index (χ3v) is 7.15. The highest BCUT2D eigenvalue weighted by Crippen LogP contribution is 2.41. The molecule has 2 aromatic rings.